The van der Waals surface area contributed by atoms with Crippen molar-refractivity contribution in [3.8, 4) is 0 Å². The summed E-state index contributed by atoms with van der Waals surface area (Å²) in [6.45, 7) is 5.07. The minimum absolute atomic E-state index is 0.763. The van der Waals surface area contributed by atoms with Crippen LogP contribution in [0.4, 0.5) is 6.01 Å². The third-order valence-electron chi connectivity index (χ3n) is 3.86. The molecule has 0 unspecified atom stereocenters. The van der Waals surface area contributed by atoms with E-state index in [4.69, 9.17) is 4.42 Å². The Morgan fingerprint density at radius 1 is 1.37 bits per heavy atom. The number of oxazole rings is 1. The predicted octanol–water partition coefficient (Wildman–Crippen LogP) is 3.19. The van der Waals surface area contributed by atoms with Gasteiger partial charge in [-0.15, -0.1) is 0 Å². The highest BCUT2D eigenvalue weighted by Gasteiger charge is 2.17. The maximum absolute atomic E-state index is 5.57. The Labute approximate surface area is 116 Å². The van der Waals surface area contributed by atoms with Crippen molar-refractivity contribution in [2.75, 3.05) is 25.0 Å². The molecule has 1 fully saturated rings. The maximum Gasteiger partial charge on any atom is 0.297 e. The van der Waals surface area contributed by atoms with Gasteiger partial charge >= 0.3 is 0 Å². The fourth-order valence-corrected chi connectivity index (χ4v) is 2.78. The number of hydrogen-bond acceptors (Lipinski definition) is 4. The Hall–Kier alpha value is -1.03. The summed E-state index contributed by atoms with van der Waals surface area (Å²) in [4.78, 5) is 6.71. The topological polar surface area (TPSA) is 41.3 Å². The second kappa shape index (κ2) is 7.53. The first kappa shape index (κ1) is 14.4. The number of nitrogens with zero attached hydrogens (tertiary/aromatic N) is 2. The number of rotatable bonds is 7. The summed E-state index contributed by atoms with van der Waals surface area (Å²) in [7, 11) is 2.09. The summed E-state index contributed by atoms with van der Waals surface area (Å²) < 4.78 is 5.57. The second-order valence-electron chi connectivity index (χ2n) is 5.68. The minimum Gasteiger partial charge on any atom is -0.432 e. The quantitative estimate of drug-likeness (QED) is 0.769. The summed E-state index contributed by atoms with van der Waals surface area (Å²) in [6, 6.07) is 0.763. The zero-order valence-corrected chi connectivity index (χ0v) is 12.3. The predicted molar refractivity (Wildman–Crippen MR) is 78.3 cm³/mol. The van der Waals surface area contributed by atoms with Gasteiger partial charge < -0.3 is 14.6 Å². The van der Waals surface area contributed by atoms with E-state index >= 15 is 0 Å². The molecule has 1 aromatic heterocycles. The van der Waals surface area contributed by atoms with Crippen LogP contribution >= 0.6 is 0 Å². The SMILES string of the molecule is CCCNCc1coc(N(C)CC2CCCCC2)n1. The minimum atomic E-state index is 0.763. The molecule has 0 amide bonds. The summed E-state index contributed by atoms with van der Waals surface area (Å²) in [5.41, 5.74) is 0.999. The molecule has 1 aliphatic carbocycles. The van der Waals surface area contributed by atoms with Crippen molar-refractivity contribution >= 4 is 6.01 Å². The molecule has 19 heavy (non-hydrogen) atoms. The third-order valence-corrected chi connectivity index (χ3v) is 3.86. The van der Waals surface area contributed by atoms with Crippen molar-refractivity contribution in [1.29, 1.82) is 0 Å². The smallest absolute Gasteiger partial charge is 0.297 e. The van der Waals surface area contributed by atoms with E-state index in [0.29, 0.717) is 0 Å². The molecular weight excluding hydrogens is 238 g/mol. The fourth-order valence-electron chi connectivity index (χ4n) is 2.78. The van der Waals surface area contributed by atoms with Crippen LogP contribution in [0, 0.1) is 5.92 Å². The Morgan fingerprint density at radius 3 is 2.89 bits per heavy atom. The lowest BCUT2D eigenvalue weighted by Crippen LogP contribution is -2.27. The van der Waals surface area contributed by atoms with Gasteiger partial charge in [0.1, 0.15) is 6.26 Å². The lowest BCUT2D eigenvalue weighted by atomic mass is 9.89. The second-order valence-corrected chi connectivity index (χ2v) is 5.68. The van der Waals surface area contributed by atoms with Gasteiger partial charge in [0, 0.05) is 20.1 Å². The average molecular weight is 265 g/mol. The van der Waals surface area contributed by atoms with Gasteiger partial charge in [-0.05, 0) is 31.7 Å². The van der Waals surface area contributed by atoms with Crippen molar-refractivity contribution < 1.29 is 4.42 Å². The van der Waals surface area contributed by atoms with E-state index in [1.165, 1.54) is 32.1 Å². The Bertz CT molecular complexity index is 358. The zero-order valence-electron chi connectivity index (χ0n) is 12.3. The highest BCUT2D eigenvalue weighted by atomic mass is 16.4. The van der Waals surface area contributed by atoms with Gasteiger partial charge in [-0.25, -0.2) is 0 Å². The van der Waals surface area contributed by atoms with Crippen LogP contribution < -0.4 is 10.2 Å². The molecule has 2 rings (SSSR count). The molecule has 4 heteroatoms. The molecule has 0 saturated heterocycles. The van der Waals surface area contributed by atoms with Gasteiger partial charge in [0.05, 0.1) is 5.69 Å². The molecule has 0 radical (unpaired) electrons. The van der Waals surface area contributed by atoms with E-state index in [-0.39, 0.29) is 0 Å². The van der Waals surface area contributed by atoms with Crippen LogP contribution in [0.1, 0.15) is 51.1 Å². The molecule has 4 nitrogen and oxygen atoms in total. The third kappa shape index (κ3) is 4.53. The Kier molecular flexibility index (Phi) is 5.70. The lowest BCUT2D eigenvalue weighted by Gasteiger charge is -2.25. The molecule has 108 valence electrons. The molecule has 1 saturated carbocycles. The first-order chi connectivity index (χ1) is 9.29. The number of aromatic nitrogens is 1. The van der Waals surface area contributed by atoms with E-state index in [1.807, 2.05) is 0 Å². The van der Waals surface area contributed by atoms with Gasteiger partial charge in [-0.1, -0.05) is 26.2 Å². The number of hydrogen-bond donors (Lipinski definition) is 1. The van der Waals surface area contributed by atoms with Gasteiger partial charge in [-0.3, -0.25) is 0 Å². The van der Waals surface area contributed by atoms with Crippen LogP contribution in [0.15, 0.2) is 10.7 Å². The van der Waals surface area contributed by atoms with Crippen LogP contribution in [0.25, 0.3) is 0 Å². The largest absolute Gasteiger partial charge is 0.432 e. The molecule has 0 aromatic carbocycles. The van der Waals surface area contributed by atoms with Gasteiger partial charge in [0.2, 0.25) is 0 Å². The van der Waals surface area contributed by atoms with Crippen molar-refractivity contribution in [3.05, 3.63) is 12.0 Å². The molecular formula is C15H27N3O. The maximum atomic E-state index is 5.57. The molecule has 0 spiro atoms. The highest BCUT2D eigenvalue weighted by molar-refractivity contribution is 5.25. The van der Waals surface area contributed by atoms with E-state index < -0.39 is 0 Å². The molecule has 0 aliphatic heterocycles. The molecule has 1 aromatic rings. The number of anilines is 1. The van der Waals surface area contributed by atoms with Gasteiger partial charge in [0.15, 0.2) is 0 Å². The van der Waals surface area contributed by atoms with E-state index in [9.17, 15) is 0 Å². The first-order valence-corrected chi connectivity index (χ1v) is 7.66. The Balaban J connectivity index is 1.79. The summed E-state index contributed by atoms with van der Waals surface area (Å²) in [6.07, 6.45) is 9.81. The van der Waals surface area contributed by atoms with Crippen molar-refractivity contribution in [1.82, 2.24) is 10.3 Å². The molecule has 0 atom stereocenters. The zero-order chi connectivity index (χ0) is 13.5. The first-order valence-electron chi connectivity index (χ1n) is 7.66. The van der Waals surface area contributed by atoms with Crippen molar-refractivity contribution in [2.45, 2.75) is 52.0 Å². The monoisotopic (exact) mass is 265 g/mol. The van der Waals surface area contributed by atoms with E-state index in [1.54, 1.807) is 6.26 Å². The molecule has 1 heterocycles. The van der Waals surface area contributed by atoms with Crippen LogP contribution in [0.3, 0.4) is 0 Å². The molecule has 0 bridgehead atoms. The lowest BCUT2D eigenvalue weighted by molar-refractivity contribution is 0.356. The van der Waals surface area contributed by atoms with Crippen LogP contribution in [-0.4, -0.2) is 25.1 Å². The van der Waals surface area contributed by atoms with Crippen molar-refractivity contribution in [3.63, 3.8) is 0 Å². The van der Waals surface area contributed by atoms with E-state index in [2.05, 4.69) is 29.2 Å². The normalized spacial score (nSPS) is 16.7. The van der Waals surface area contributed by atoms with Gasteiger partial charge in [-0.2, -0.15) is 4.98 Å². The van der Waals surface area contributed by atoms with Crippen LogP contribution in [0.5, 0.6) is 0 Å². The summed E-state index contributed by atoms with van der Waals surface area (Å²) in [5.74, 6) is 0.812. The Morgan fingerprint density at radius 2 is 2.16 bits per heavy atom. The fraction of sp³-hybridized carbons (Fsp3) is 0.800. The van der Waals surface area contributed by atoms with Crippen molar-refractivity contribution in [2.24, 2.45) is 5.92 Å². The summed E-state index contributed by atoms with van der Waals surface area (Å²) in [5, 5.41) is 3.34. The number of nitrogens with one attached hydrogen (secondary N) is 1. The van der Waals surface area contributed by atoms with Gasteiger partial charge in [0.25, 0.3) is 6.01 Å². The summed E-state index contributed by atoms with van der Waals surface area (Å²) >= 11 is 0. The highest BCUT2D eigenvalue weighted by Crippen LogP contribution is 2.25. The van der Waals surface area contributed by atoms with E-state index in [0.717, 1.165) is 43.7 Å². The average Bonchev–Trinajstić information content (AvgIpc) is 2.89. The molecule has 1 N–H and O–H groups in total. The van der Waals surface area contributed by atoms with Crippen LogP contribution in [-0.2, 0) is 6.54 Å². The van der Waals surface area contributed by atoms with Crippen LogP contribution in [0.2, 0.25) is 0 Å². The standard InChI is InChI=1S/C15H27N3O/c1-3-9-16-10-14-12-19-15(17-14)18(2)11-13-7-5-4-6-8-13/h12-13,16H,3-11H2,1-2H3. The molecule has 1 aliphatic rings.